The lowest BCUT2D eigenvalue weighted by molar-refractivity contribution is 0.155. The number of hydrogen-bond acceptors (Lipinski definition) is 2. The fourth-order valence-electron chi connectivity index (χ4n) is 0.114. The number of rotatable bonds is 0. The van der Waals surface area contributed by atoms with Gasteiger partial charge in [-0.3, -0.25) is 0 Å². The van der Waals surface area contributed by atoms with Crippen LogP contribution in [0.1, 0.15) is 0 Å². The van der Waals surface area contributed by atoms with Crippen LogP contribution in [0.25, 0.3) is 0 Å². The molecule has 2 N–H and O–H groups in total. The van der Waals surface area contributed by atoms with E-state index in [1.165, 1.54) is 0 Å². The molecule has 0 aliphatic rings. The van der Waals surface area contributed by atoms with Crippen molar-refractivity contribution in [2.45, 2.75) is 3.98 Å². The second-order valence-electron chi connectivity index (χ2n) is 0.867. The number of carbonyl (C=O) groups is 1. The molecule has 48 valence electrons. The second-order valence-corrected chi connectivity index (χ2v) is 3.04. The summed E-state index contributed by atoms with van der Waals surface area (Å²) in [4.78, 5) is 9.76. The van der Waals surface area contributed by atoms with Crippen molar-refractivity contribution in [2.75, 3.05) is 0 Å². The van der Waals surface area contributed by atoms with Gasteiger partial charge in [-0.15, -0.1) is 0 Å². The van der Waals surface area contributed by atoms with Crippen molar-refractivity contribution in [3.63, 3.8) is 0 Å². The molecule has 0 rings (SSSR count). The molecular formula is C2H2Cl3NO2. The standard InChI is InChI=1S/C2H2Cl3NO2/c3-2(4,5)8-1(6)7/h(H2,6,7). The summed E-state index contributed by atoms with van der Waals surface area (Å²) in [6, 6.07) is 0. The number of alkyl halides is 3. The molecule has 0 spiro atoms. The smallest absolute Gasteiger partial charge is 0.398 e. The lowest BCUT2D eigenvalue weighted by Crippen LogP contribution is -2.21. The zero-order chi connectivity index (χ0) is 6.78. The van der Waals surface area contributed by atoms with E-state index >= 15 is 0 Å². The van der Waals surface area contributed by atoms with E-state index in [4.69, 9.17) is 34.8 Å². The zero-order valence-electron chi connectivity index (χ0n) is 3.53. The van der Waals surface area contributed by atoms with Crippen LogP contribution in [0, 0.1) is 0 Å². The Morgan fingerprint density at radius 1 is 1.50 bits per heavy atom. The zero-order valence-corrected chi connectivity index (χ0v) is 5.80. The van der Waals surface area contributed by atoms with E-state index in [0.29, 0.717) is 0 Å². The Labute approximate surface area is 60.6 Å². The fourth-order valence-corrected chi connectivity index (χ4v) is 0.342. The van der Waals surface area contributed by atoms with Crippen LogP contribution in [0.15, 0.2) is 0 Å². The molecule has 0 aliphatic heterocycles. The molecule has 0 fully saturated rings. The first-order valence-electron chi connectivity index (χ1n) is 1.47. The van der Waals surface area contributed by atoms with Gasteiger partial charge in [0.1, 0.15) is 0 Å². The lowest BCUT2D eigenvalue weighted by Gasteiger charge is -2.07. The van der Waals surface area contributed by atoms with Crippen molar-refractivity contribution < 1.29 is 9.53 Å². The van der Waals surface area contributed by atoms with Crippen molar-refractivity contribution >= 4 is 40.9 Å². The van der Waals surface area contributed by atoms with Crippen molar-refractivity contribution in [3.05, 3.63) is 0 Å². The Hall–Kier alpha value is 0.140. The first-order chi connectivity index (χ1) is 3.42. The van der Waals surface area contributed by atoms with E-state index in [1.54, 1.807) is 0 Å². The summed E-state index contributed by atoms with van der Waals surface area (Å²) in [6.07, 6.45) is -1.12. The highest BCUT2D eigenvalue weighted by Crippen LogP contribution is 2.26. The minimum absolute atomic E-state index is 1.12. The maximum Gasteiger partial charge on any atom is 0.408 e. The summed E-state index contributed by atoms with van der Waals surface area (Å²) in [5.74, 6) is 0. The van der Waals surface area contributed by atoms with Crippen LogP contribution >= 0.6 is 34.8 Å². The number of amides is 1. The van der Waals surface area contributed by atoms with Gasteiger partial charge in [0.05, 0.1) is 0 Å². The van der Waals surface area contributed by atoms with Crippen LogP contribution in [0.4, 0.5) is 4.79 Å². The monoisotopic (exact) mass is 177 g/mol. The molecule has 0 aromatic carbocycles. The number of carbonyl (C=O) groups excluding carboxylic acids is 1. The first-order valence-corrected chi connectivity index (χ1v) is 2.60. The summed E-state index contributed by atoms with van der Waals surface area (Å²) < 4.78 is 1.84. The van der Waals surface area contributed by atoms with Crippen molar-refractivity contribution in [3.8, 4) is 0 Å². The van der Waals surface area contributed by atoms with E-state index < -0.39 is 10.1 Å². The molecule has 1 amide bonds. The summed E-state index contributed by atoms with van der Waals surface area (Å²) in [6.45, 7) is 0. The summed E-state index contributed by atoms with van der Waals surface area (Å²) in [7, 11) is 0. The molecule has 3 nitrogen and oxygen atoms in total. The maximum absolute atomic E-state index is 9.76. The summed E-state index contributed by atoms with van der Waals surface area (Å²) in [5, 5.41) is 0. The Kier molecular flexibility index (Phi) is 2.66. The molecule has 0 saturated carbocycles. The van der Waals surface area contributed by atoms with Crippen LogP contribution in [0.2, 0.25) is 0 Å². The van der Waals surface area contributed by atoms with Crippen LogP contribution in [-0.2, 0) is 4.74 Å². The van der Waals surface area contributed by atoms with E-state index in [0.717, 1.165) is 0 Å². The van der Waals surface area contributed by atoms with E-state index in [9.17, 15) is 4.79 Å². The van der Waals surface area contributed by atoms with E-state index in [1.807, 2.05) is 0 Å². The molecule has 0 bridgehead atoms. The van der Waals surface area contributed by atoms with Crippen molar-refractivity contribution in [2.24, 2.45) is 5.73 Å². The highest BCUT2D eigenvalue weighted by Gasteiger charge is 2.23. The van der Waals surface area contributed by atoms with Gasteiger partial charge < -0.3 is 10.5 Å². The van der Waals surface area contributed by atoms with Crippen LogP contribution in [-0.4, -0.2) is 10.1 Å². The normalized spacial score (nSPS) is 10.9. The predicted molar refractivity (Wildman–Crippen MR) is 31.0 cm³/mol. The van der Waals surface area contributed by atoms with Gasteiger partial charge in [-0.25, -0.2) is 4.79 Å². The Balaban J connectivity index is 3.55. The van der Waals surface area contributed by atoms with Crippen LogP contribution in [0.3, 0.4) is 0 Å². The summed E-state index contributed by atoms with van der Waals surface area (Å²) in [5.41, 5.74) is 4.46. The topological polar surface area (TPSA) is 52.3 Å². The molecular weight excluding hydrogens is 176 g/mol. The quantitative estimate of drug-likeness (QED) is 0.570. The predicted octanol–water partition coefficient (Wildman–Crippen LogP) is 1.41. The highest BCUT2D eigenvalue weighted by molar-refractivity contribution is 6.66. The van der Waals surface area contributed by atoms with Gasteiger partial charge in [0.2, 0.25) is 0 Å². The lowest BCUT2D eigenvalue weighted by atomic mass is 11.2. The minimum Gasteiger partial charge on any atom is -0.398 e. The van der Waals surface area contributed by atoms with E-state index in [-0.39, 0.29) is 0 Å². The maximum atomic E-state index is 9.76. The Morgan fingerprint density at radius 3 is 1.88 bits per heavy atom. The molecule has 8 heavy (non-hydrogen) atoms. The second kappa shape index (κ2) is 2.62. The summed E-state index contributed by atoms with van der Waals surface area (Å²) >= 11 is 14.8. The number of halogens is 3. The molecule has 0 unspecified atom stereocenters. The van der Waals surface area contributed by atoms with Gasteiger partial charge in [0, 0.05) is 0 Å². The molecule has 0 aromatic heterocycles. The van der Waals surface area contributed by atoms with Gasteiger partial charge in [-0.05, 0) is 34.8 Å². The molecule has 0 saturated heterocycles. The van der Waals surface area contributed by atoms with Gasteiger partial charge in [-0.2, -0.15) is 0 Å². The molecule has 0 heterocycles. The molecule has 0 aromatic rings. The number of primary amides is 1. The molecule has 0 aliphatic carbocycles. The van der Waals surface area contributed by atoms with Gasteiger partial charge in [-0.1, -0.05) is 0 Å². The number of nitrogens with two attached hydrogens (primary N) is 1. The first kappa shape index (κ1) is 8.14. The molecule has 6 heteroatoms. The van der Waals surface area contributed by atoms with Crippen LogP contribution < -0.4 is 5.73 Å². The van der Waals surface area contributed by atoms with Crippen molar-refractivity contribution in [1.29, 1.82) is 0 Å². The third-order valence-electron chi connectivity index (χ3n) is 0.216. The van der Waals surface area contributed by atoms with E-state index in [2.05, 4.69) is 10.5 Å². The third kappa shape index (κ3) is 6.14. The number of ether oxygens (including phenoxy) is 1. The van der Waals surface area contributed by atoms with Crippen LogP contribution in [0.5, 0.6) is 0 Å². The fraction of sp³-hybridized carbons (Fsp3) is 0.500. The molecule has 0 radical (unpaired) electrons. The minimum atomic E-state index is -2.04. The molecule has 0 atom stereocenters. The van der Waals surface area contributed by atoms with Gasteiger partial charge >= 0.3 is 10.1 Å². The highest BCUT2D eigenvalue weighted by atomic mass is 35.6. The van der Waals surface area contributed by atoms with Gasteiger partial charge in [0.25, 0.3) is 0 Å². The Morgan fingerprint density at radius 2 is 1.88 bits per heavy atom. The number of hydrogen-bond donors (Lipinski definition) is 1. The average molecular weight is 178 g/mol. The SMILES string of the molecule is NC(=O)OC(Cl)(Cl)Cl. The average Bonchev–Trinajstić information content (AvgIpc) is 1.21. The van der Waals surface area contributed by atoms with Crippen molar-refractivity contribution in [1.82, 2.24) is 0 Å². The Bertz CT molecular complexity index is 97.9. The van der Waals surface area contributed by atoms with Gasteiger partial charge in [0.15, 0.2) is 0 Å². The largest absolute Gasteiger partial charge is 0.408 e. The third-order valence-corrected chi connectivity index (χ3v) is 0.448.